The van der Waals surface area contributed by atoms with Crippen molar-refractivity contribution in [2.75, 3.05) is 20.2 Å². The molecule has 9 heavy (non-hydrogen) atoms. The zero-order chi connectivity index (χ0) is 6.69. The number of hydrogen-bond donors (Lipinski definition) is 2. The number of nitrogens with one attached hydrogen (secondary N) is 1. The monoisotopic (exact) mass is 130 g/mol. The lowest BCUT2D eigenvalue weighted by molar-refractivity contribution is -0.911. The van der Waals surface area contributed by atoms with Crippen molar-refractivity contribution in [2.45, 2.75) is 25.3 Å². The van der Waals surface area contributed by atoms with Crippen LogP contribution in [0.3, 0.4) is 0 Å². The van der Waals surface area contributed by atoms with Crippen molar-refractivity contribution in [3.05, 3.63) is 0 Å². The number of hydrogen-bond acceptors (Lipinski definition) is 1. The normalized spacial score (nSPS) is 36.7. The van der Waals surface area contributed by atoms with Gasteiger partial charge in [0.05, 0.1) is 20.2 Å². The molecule has 1 rings (SSSR count). The van der Waals surface area contributed by atoms with E-state index in [2.05, 4.69) is 7.05 Å². The van der Waals surface area contributed by atoms with Crippen LogP contribution in [0, 0.1) is 0 Å². The van der Waals surface area contributed by atoms with Gasteiger partial charge >= 0.3 is 0 Å². The fraction of sp³-hybridized carbons (Fsp3) is 1.00. The Morgan fingerprint density at radius 2 is 2.33 bits per heavy atom. The summed E-state index contributed by atoms with van der Waals surface area (Å²) in [5.74, 6) is 0. The summed E-state index contributed by atoms with van der Waals surface area (Å²) in [5.41, 5.74) is 0. The molecule has 2 atom stereocenters. The van der Waals surface area contributed by atoms with E-state index in [4.69, 9.17) is 5.11 Å². The molecule has 2 N–H and O–H groups in total. The van der Waals surface area contributed by atoms with Crippen LogP contribution in [0.5, 0.6) is 0 Å². The van der Waals surface area contributed by atoms with E-state index in [1.54, 1.807) is 0 Å². The minimum absolute atomic E-state index is 0.367. The van der Waals surface area contributed by atoms with Gasteiger partial charge in [-0.3, -0.25) is 0 Å². The fourth-order valence-corrected chi connectivity index (χ4v) is 1.49. The quantitative estimate of drug-likeness (QED) is 0.470. The fourth-order valence-electron chi connectivity index (χ4n) is 1.49. The Hall–Kier alpha value is -0.0800. The highest BCUT2D eigenvalue weighted by Gasteiger charge is 2.20. The molecule has 0 radical (unpaired) electrons. The van der Waals surface area contributed by atoms with E-state index in [1.807, 2.05) is 0 Å². The lowest BCUT2D eigenvalue weighted by atomic mass is 10.0. The molecule has 2 nitrogen and oxygen atoms in total. The van der Waals surface area contributed by atoms with Crippen molar-refractivity contribution in [3.63, 3.8) is 0 Å². The third-order valence-electron chi connectivity index (χ3n) is 2.29. The minimum atomic E-state index is 0.367. The number of likely N-dealkylation sites (tertiary alicyclic amines) is 1. The molecule has 0 amide bonds. The Morgan fingerprint density at radius 3 is 2.78 bits per heavy atom. The SMILES string of the molecule is C[NH+]1CCCC[C@H]1CO. The first-order valence-corrected chi connectivity index (χ1v) is 3.77. The first-order chi connectivity index (χ1) is 4.34. The van der Waals surface area contributed by atoms with Gasteiger partial charge in [-0.1, -0.05) is 0 Å². The average Bonchev–Trinajstić information content (AvgIpc) is 1.89. The number of rotatable bonds is 1. The smallest absolute Gasteiger partial charge is 0.111 e. The van der Waals surface area contributed by atoms with Crippen molar-refractivity contribution >= 4 is 0 Å². The van der Waals surface area contributed by atoms with Crippen LogP contribution in [0.15, 0.2) is 0 Å². The van der Waals surface area contributed by atoms with Crippen molar-refractivity contribution in [1.82, 2.24) is 0 Å². The summed E-state index contributed by atoms with van der Waals surface area (Å²) in [6, 6.07) is 0.527. The Bertz CT molecular complexity index is 85.0. The third-order valence-corrected chi connectivity index (χ3v) is 2.29. The summed E-state index contributed by atoms with van der Waals surface area (Å²) in [6.45, 7) is 1.61. The summed E-state index contributed by atoms with van der Waals surface area (Å²) in [4.78, 5) is 1.50. The van der Waals surface area contributed by atoms with Gasteiger partial charge in [0.15, 0.2) is 0 Å². The van der Waals surface area contributed by atoms with Gasteiger partial charge in [0.25, 0.3) is 0 Å². The molecule has 1 fully saturated rings. The van der Waals surface area contributed by atoms with E-state index in [-0.39, 0.29) is 0 Å². The Morgan fingerprint density at radius 1 is 1.56 bits per heavy atom. The predicted octanol–water partition coefficient (Wildman–Crippen LogP) is -0.954. The van der Waals surface area contributed by atoms with Crippen LogP contribution in [0.2, 0.25) is 0 Å². The number of aliphatic hydroxyl groups excluding tert-OH is 1. The second-order valence-corrected chi connectivity index (χ2v) is 2.97. The highest BCUT2D eigenvalue weighted by atomic mass is 16.3. The van der Waals surface area contributed by atoms with Crippen molar-refractivity contribution in [1.29, 1.82) is 0 Å². The molecule has 0 spiro atoms. The van der Waals surface area contributed by atoms with E-state index in [0.29, 0.717) is 12.6 Å². The van der Waals surface area contributed by atoms with Crippen LogP contribution < -0.4 is 4.90 Å². The number of piperidine rings is 1. The van der Waals surface area contributed by atoms with Gasteiger partial charge < -0.3 is 10.0 Å². The van der Waals surface area contributed by atoms with Gasteiger partial charge in [-0.25, -0.2) is 0 Å². The first kappa shape index (κ1) is 7.03. The van der Waals surface area contributed by atoms with E-state index in [0.717, 1.165) is 0 Å². The molecule has 1 unspecified atom stereocenters. The lowest BCUT2D eigenvalue weighted by Gasteiger charge is -2.27. The summed E-state index contributed by atoms with van der Waals surface area (Å²) in [5, 5.41) is 8.84. The average molecular weight is 130 g/mol. The molecular formula is C7H16NO+. The molecule has 0 saturated carbocycles. The number of likely N-dealkylation sites (N-methyl/N-ethyl adjacent to an activating group) is 1. The molecule has 1 aliphatic rings. The molecular weight excluding hydrogens is 114 g/mol. The zero-order valence-corrected chi connectivity index (χ0v) is 6.06. The van der Waals surface area contributed by atoms with Crippen LogP contribution >= 0.6 is 0 Å². The Balaban J connectivity index is 2.30. The topological polar surface area (TPSA) is 24.7 Å². The van der Waals surface area contributed by atoms with Gasteiger partial charge in [-0.15, -0.1) is 0 Å². The van der Waals surface area contributed by atoms with E-state index >= 15 is 0 Å². The van der Waals surface area contributed by atoms with Crippen LogP contribution in [-0.2, 0) is 0 Å². The number of quaternary nitrogens is 1. The molecule has 0 aromatic rings. The lowest BCUT2D eigenvalue weighted by Crippen LogP contribution is -3.14. The Kier molecular flexibility index (Phi) is 2.49. The maximum atomic E-state index is 8.84. The maximum absolute atomic E-state index is 8.84. The maximum Gasteiger partial charge on any atom is 0.111 e. The predicted molar refractivity (Wildman–Crippen MR) is 36.5 cm³/mol. The highest BCUT2D eigenvalue weighted by molar-refractivity contribution is 4.57. The van der Waals surface area contributed by atoms with Crippen LogP contribution in [0.1, 0.15) is 19.3 Å². The van der Waals surface area contributed by atoms with Crippen LogP contribution in [0.25, 0.3) is 0 Å². The summed E-state index contributed by atoms with van der Waals surface area (Å²) >= 11 is 0. The molecule has 1 heterocycles. The molecule has 1 saturated heterocycles. The number of aliphatic hydroxyl groups is 1. The van der Waals surface area contributed by atoms with Gasteiger partial charge in [-0.05, 0) is 12.8 Å². The van der Waals surface area contributed by atoms with Gasteiger partial charge in [-0.2, -0.15) is 0 Å². The highest BCUT2D eigenvalue weighted by Crippen LogP contribution is 2.00. The van der Waals surface area contributed by atoms with Crippen molar-refractivity contribution in [3.8, 4) is 0 Å². The molecule has 0 aliphatic carbocycles. The molecule has 2 heteroatoms. The van der Waals surface area contributed by atoms with E-state index in [9.17, 15) is 0 Å². The molecule has 0 aromatic carbocycles. The first-order valence-electron chi connectivity index (χ1n) is 3.77. The molecule has 0 aromatic heterocycles. The van der Waals surface area contributed by atoms with Crippen LogP contribution in [0.4, 0.5) is 0 Å². The molecule has 1 aliphatic heterocycles. The van der Waals surface area contributed by atoms with Gasteiger partial charge in [0.1, 0.15) is 6.04 Å². The van der Waals surface area contributed by atoms with E-state index in [1.165, 1.54) is 30.7 Å². The largest absolute Gasteiger partial charge is 0.390 e. The minimum Gasteiger partial charge on any atom is -0.390 e. The van der Waals surface area contributed by atoms with Gasteiger partial charge in [0.2, 0.25) is 0 Å². The second kappa shape index (κ2) is 3.18. The third kappa shape index (κ3) is 1.66. The summed E-state index contributed by atoms with van der Waals surface area (Å²) in [7, 11) is 2.17. The summed E-state index contributed by atoms with van der Waals surface area (Å²) in [6.07, 6.45) is 3.85. The molecule has 0 bridgehead atoms. The standard InChI is InChI=1S/C7H15NO/c1-8-5-3-2-4-7(8)6-9/h7,9H,2-6H2,1H3/p+1/t7-/m0/s1. The second-order valence-electron chi connectivity index (χ2n) is 2.97. The van der Waals surface area contributed by atoms with Crippen molar-refractivity contribution < 1.29 is 10.0 Å². The van der Waals surface area contributed by atoms with Crippen molar-refractivity contribution in [2.24, 2.45) is 0 Å². The zero-order valence-electron chi connectivity index (χ0n) is 6.06. The van der Waals surface area contributed by atoms with Crippen LogP contribution in [-0.4, -0.2) is 31.3 Å². The molecule has 54 valence electrons. The Labute approximate surface area is 56.5 Å². The summed E-state index contributed by atoms with van der Waals surface area (Å²) < 4.78 is 0. The van der Waals surface area contributed by atoms with Gasteiger partial charge in [0, 0.05) is 6.42 Å². The van der Waals surface area contributed by atoms with E-state index < -0.39 is 0 Å².